The lowest BCUT2D eigenvalue weighted by Gasteiger charge is -2.49. The smallest absolute Gasteiger partial charge is 0.319 e. The van der Waals surface area contributed by atoms with E-state index in [-0.39, 0.29) is 11.6 Å². The van der Waals surface area contributed by atoms with Crippen LogP contribution in [0.3, 0.4) is 0 Å². The third-order valence-corrected chi connectivity index (χ3v) is 5.35. The molecule has 1 atom stereocenters. The van der Waals surface area contributed by atoms with Crippen molar-refractivity contribution in [3.63, 3.8) is 0 Å². The van der Waals surface area contributed by atoms with E-state index in [1.54, 1.807) is 16.7 Å². The molecule has 2 rings (SSSR count). The Morgan fingerprint density at radius 1 is 1.19 bits per heavy atom. The van der Waals surface area contributed by atoms with Crippen molar-refractivity contribution in [1.29, 1.82) is 0 Å². The molecule has 6 nitrogen and oxygen atoms in total. The summed E-state index contributed by atoms with van der Waals surface area (Å²) in [7, 11) is 5.95. The fraction of sp³-hybridized carbons (Fsp3) is 0.867. The number of aliphatic carboxylic acids is 1. The Morgan fingerprint density at radius 2 is 1.81 bits per heavy atom. The van der Waals surface area contributed by atoms with Gasteiger partial charge in [-0.2, -0.15) is 0 Å². The lowest BCUT2D eigenvalue weighted by atomic mass is 9.75. The first kappa shape index (κ1) is 16.1. The summed E-state index contributed by atoms with van der Waals surface area (Å²) < 4.78 is 0. The monoisotopic (exact) mass is 297 g/mol. The van der Waals surface area contributed by atoms with Gasteiger partial charge in [-0.3, -0.25) is 4.79 Å². The Kier molecular flexibility index (Phi) is 4.19. The zero-order valence-electron chi connectivity index (χ0n) is 13.6. The van der Waals surface area contributed by atoms with Gasteiger partial charge >= 0.3 is 12.0 Å². The van der Waals surface area contributed by atoms with Crippen LogP contribution in [-0.4, -0.2) is 78.1 Å². The molecule has 6 heteroatoms. The fourth-order valence-electron chi connectivity index (χ4n) is 3.38. The Balaban J connectivity index is 1.96. The van der Waals surface area contributed by atoms with Gasteiger partial charge in [0.05, 0.1) is 5.41 Å². The molecule has 1 heterocycles. The number of hydrogen-bond donors (Lipinski definition) is 1. The predicted molar refractivity (Wildman–Crippen MR) is 80.2 cm³/mol. The van der Waals surface area contributed by atoms with Crippen LogP contribution in [0.5, 0.6) is 0 Å². The highest BCUT2D eigenvalue weighted by molar-refractivity contribution is 5.79. The van der Waals surface area contributed by atoms with E-state index in [2.05, 4.69) is 19.0 Å². The molecular weight excluding hydrogens is 270 g/mol. The van der Waals surface area contributed by atoms with E-state index >= 15 is 0 Å². The van der Waals surface area contributed by atoms with Gasteiger partial charge in [-0.1, -0.05) is 0 Å². The first-order valence-corrected chi connectivity index (χ1v) is 7.61. The van der Waals surface area contributed by atoms with Crippen molar-refractivity contribution in [1.82, 2.24) is 14.7 Å². The molecule has 21 heavy (non-hydrogen) atoms. The number of rotatable bonds is 4. The Hall–Kier alpha value is -1.30. The quantitative estimate of drug-likeness (QED) is 0.850. The molecule has 2 amide bonds. The molecule has 120 valence electrons. The molecule has 0 radical (unpaired) electrons. The molecule has 2 fully saturated rings. The number of likely N-dealkylation sites (N-methyl/N-ethyl adjacent to an activating group) is 2. The molecule has 0 aromatic carbocycles. The van der Waals surface area contributed by atoms with Crippen molar-refractivity contribution in [2.75, 3.05) is 40.8 Å². The van der Waals surface area contributed by atoms with Crippen molar-refractivity contribution in [3.05, 3.63) is 0 Å². The van der Waals surface area contributed by atoms with Gasteiger partial charge < -0.3 is 19.8 Å². The number of carbonyl (C=O) groups excluding carboxylic acids is 1. The number of carbonyl (C=O) groups is 2. The number of likely N-dealkylation sites (tertiary alicyclic amines) is 1. The van der Waals surface area contributed by atoms with Crippen LogP contribution in [0.1, 0.15) is 32.6 Å². The van der Waals surface area contributed by atoms with Gasteiger partial charge in [-0.05, 0) is 46.7 Å². The molecule has 0 aromatic heterocycles. The van der Waals surface area contributed by atoms with Crippen LogP contribution in [0.15, 0.2) is 0 Å². The lowest BCUT2D eigenvalue weighted by Crippen LogP contribution is -2.58. The summed E-state index contributed by atoms with van der Waals surface area (Å²) in [6.07, 6.45) is 3.97. The maximum Gasteiger partial charge on any atom is 0.319 e. The van der Waals surface area contributed by atoms with Gasteiger partial charge in [-0.15, -0.1) is 0 Å². The molecule has 1 N–H and O–H groups in total. The third kappa shape index (κ3) is 2.86. The van der Waals surface area contributed by atoms with Crippen LogP contribution in [0, 0.1) is 5.41 Å². The number of carboxylic acids is 1. The number of nitrogens with zero attached hydrogens (tertiary/aromatic N) is 3. The molecule has 2 aliphatic rings. The van der Waals surface area contributed by atoms with Crippen LogP contribution < -0.4 is 0 Å². The summed E-state index contributed by atoms with van der Waals surface area (Å²) in [5.41, 5.74) is -0.702. The van der Waals surface area contributed by atoms with Crippen molar-refractivity contribution in [2.45, 2.75) is 38.1 Å². The predicted octanol–water partition coefficient (Wildman–Crippen LogP) is 1.32. The van der Waals surface area contributed by atoms with Crippen molar-refractivity contribution in [3.8, 4) is 0 Å². The molecule has 0 spiro atoms. The number of carboxylic acid groups (broad SMARTS) is 1. The average molecular weight is 297 g/mol. The second-order valence-corrected chi connectivity index (χ2v) is 7.15. The standard InChI is InChI=1S/C15H27N3O3/c1-14(12(19)20)8-9-18(10-14)13(21)17(4)11-15(16(2)3)6-5-7-15/h5-11H2,1-4H3,(H,19,20). The summed E-state index contributed by atoms with van der Waals surface area (Å²) in [6, 6.07) is -0.0481. The highest BCUT2D eigenvalue weighted by Gasteiger charge is 2.45. The van der Waals surface area contributed by atoms with Crippen LogP contribution in [0.4, 0.5) is 4.79 Å². The van der Waals surface area contributed by atoms with E-state index in [0.29, 0.717) is 26.1 Å². The van der Waals surface area contributed by atoms with E-state index in [1.165, 1.54) is 6.42 Å². The molecule has 1 saturated carbocycles. The maximum atomic E-state index is 12.5. The highest BCUT2D eigenvalue weighted by Crippen LogP contribution is 2.37. The van der Waals surface area contributed by atoms with Crippen LogP contribution >= 0.6 is 0 Å². The summed E-state index contributed by atoms with van der Waals surface area (Å²) in [5, 5.41) is 9.26. The maximum absolute atomic E-state index is 12.5. The van der Waals surface area contributed by atoms with E-state index < -0.39 is 11.4 Å². The zero-order chi connectivity index (χ0) is 15.8. The molecule has 1 unspecified atom stereocenters. The van der Waals surface area contributed by atoms with Crippen LogP contribution in [-0.2, 0) is 4.79 Å². The van der Waals surface area contributed by atoms with E-state index in [0.717, 1.165) is 12.8 Å². The van der Waals surface area contributed by atoms with Gasteiger partial charge in [0, 0.05) is 32.2 Å². The normalized spacial score (nSPS) is 27.6. The molecule has 1 saturated heterocycles. The Bertz CT molecular complexity index is 434. The van der Waals surface area contributed by atoms with Crippen LogP contribution in [0.2, 0.25) is 0 Å². The van der Waals surface area contributed by atoms with Gasteiger partial charge in [0.2, 0.25) is 0 Å². The van der Waals surface area contributed by atoms with E-state index in [4.69, 9.17) is 0 Å². The minimum absolute atomic E-state index is 0.0481. The fourth-order valence-corrected chi connectivity index (χ4v) is 3.38. The summed E-state index contributed by atoms with van der Waals surface area (Å²) in [6.45, 7) is 3.26. The molecule has 1 aliphatic carbocycles. The second kappa shape index (κ2) is 5.48. The SMILES string of the molecule is CN(CC1(N(C)C)CCC1)C(=O)N1CCC(C)(C(=O)O)C1. The van der Waals surface area contributed by atoms with Gasteiger partial charge in [-0.25, -0.2) is 4.79 Å². The minimum atomic E-state index is -0.816. The molecular formula is C15H27N3O3. The van der Waals surface area contributed by atoms with Crippen molar-refractivity contribution >= 4 is 12.0 Å². The Labute approximate surface area is 126 Å². The lowest BCUT2D eigenvalue weighted by molar-refractivity contribution is -0.147. The summed E-state index contributed by atoms with van der Waals surface area (Å²) in [5.74, 6) is -0.816. The van der Waals surface area contributed by atoms with Gasteiger partial charge in [0.25, 0.3) is 0 Å². The summed E-state index contributed by atoms with van der Waals surface area (Å²) >= 11 is 0. The van der Waals surface area contributed by atoms with Crippen LogP contribution in [0.25, 0.3) is 0 Å². The minimum Gasteiger partial charge on any atom is -0.481 e. The topological polar surface area (TPSA) is 64.1 Å². The first-order valence-electron chi connectivity index (χ1n) is 7.61. The molecule has 1 aliphatic heterocycles. The van der Waals surface area contributed by atoms with Crippen molar-refractivity contribution < 1.29 is 14.7 Å². The number of hydrogen-bond acceptors (Lipinski definition) is 3. The third-order valence-electron chi connectivity index (χ3n) is 5.35. The van der Waals surface area contributed by atoms with E-state index in [9.17, 15) is 14.7 Å². The molecule has 0 bridgehead atoms. The summed E-state index contributed by atoms with van der Waals surface area (Å²) in [4.78, 5) is 29.5. The van der Waals surface area contributed by atoms with Gasteiger partial charge in [0.1, 0.15) is 0 Å². The average Bonchev–Trinajstić information content (AvgIpc) is 2.76. The van der Waals surface area contributed by atoms with E-state index in [1.807, 2.05) is 7.05 Å². The first-order chi connectivity index (χ1) is 9.70. The number of amides is 2. The number of urea groups is 1. The van der Waals surface area contributed by atoms with Gasteiger partial charge in [0.15, 0.2) is 0 Å². The van der Waals surface area contributed by atoms with Crippen molar-refractivity contribution in [2.24, 2.45) is 5.41 Å². The highest BCUT2D eigenvalue weighted by atomic mass is 16.4. The zero-order valence-corrected chi connectivity index (χ0v) is 13.6. The Morgan fingerprint density at radius 3 is 2.19 bits per heavy atom. The second-order valence-electron chi connectivity index (χ2n) is 7.15. The largest absolute Gasteiger partial charge is 0.481 e. The molecule has 0 aromatic rings.